The number of amides is 2. The smallest absolute Gasteiger partial charge is 0.272 e. The van der Waals surface area contributed by atoms with Crippen molar-refractivity contribution in [3.8, 4) is 5.75 Å². The number of carbonyl (C=O) groups is 2. The van der Waals surface area contributed by atoms with Crippen molar-refractivity contribution in [2.45, 2.75) is 0 Å². The molecular weight excluding hydrogens is 332 g/mol. The van der Waals surface area contributed by atoms with E-state index in [1.54, 1.807) is 12.1 Å². The Morgan fingerprint density at radius 2 is 1.75 bits per heavy atom. The first-order chi connectivity index (χ1) is 11.2. The number of hydrogen-bond acceptors (Lipinski definition) is 5. The number of rotatable bonds is 5. The Kier molecular flexibility index (Phi) is 4.89. The summed E-state index contributed by atoms with van der Waals surface area (Å²) in [5.41, 5.74) is 5.44. The highest BCUT2D eigenvalue weighted by molar-refractivity contribution is 7.92. The molecule has 0 unspecified atom stereocenters. The summed E-state index contributed by atoms with van der Waals surface area (Å²) in [6.07, 6.45) is 0.913. The molecule has 24 heavy (non-hydrogen) atoms. The molecule has 0 bridgehead atoms. The lowest BCUT2D eigenvalue weighted by atomic mass is 10.1. The molecule has 2 N–H and O–H groups in total. The summed E-state index contributed by atoms with van der Waals surface area (Å²) in [5.74, 6) is -0.897. The molecule has 0 aliphatic rings. The largest absolute Gasteiger partial charge is 0.497 e. The average Bonchev–Trinajstić information content (AvgIpc) is 2.54. The Labute approximate surface area is 139 Å². The van der Waals surface area contributed by atoms with Crippen LogP contribution in [0.1, 0.15) is 20.7 Å². The first-order valence-corrected chi connectivity index (χ1v) is 8.59. The highest BCUT2D eigenvalue weighted by Crippen LogP contribution is 2.22. The Morgan fingerprint density at radius 3 is 2.17 bits per heavy atom. The number of primary amides is 1. The van der Waals surface area contributed by atoms with Crippen LogP contribution in [-0.2, 0) is 10.0 Å². The Bertz CT molecular complexity index is 858. The molecule has 0 saturated carbocycles. The van der Waals surface area contributed by atoms with Crippen LogP contribution in [0.25, 0.3) is 0 Å². The summed E-state index contributed by atoms with van der Waals surface area (Å²) < 4.78 is 29.8. The molecule has 2 amide bonds. The van der Waals surface area contributed by atoms with E-state index in [1.807, 2.05) is 0 Å². The van der Waals surface area contributed by atoms with E-state index in [0.717, 1.165) is 6.26 Å². The van der Waals surface area contributed by atoms with Gasteiger partial charge in [-0.05, 0) is 48.5 Å². The van der Waals surface area contributed by atoms with Crippen LogP contribution in [0, 0.1) is 6.07 Å². The minimum atomic E-state index is -3.90. The van der Waals surface area contributed by atoms with Gasteiger partial charge in [-0.25, -0.2) is 12.7 Å². The van der Waals surface area contributed by atoms with Gasteiger partial charge in [0.05, 0.1) is 19.1 Å². The molecule has 0 aromatic heterocycles. The monoisotopic (exact) mass is 347 g/mol. The van der Waals surface area contributed by atoms with Crippen LogP contribution in [0.2, 0.25) is 0 Å². The van der Waals surface area contributed by atoms with Gasteiger partial charge >= 0.3 is 0 Å². The van der Waals surface area contributed by atoms with Gasteiger partial charge in [-0.1, -0.05) is 0 Å². The molecule has 0 saturated heterocycles. The predicted octanol–water partition coefficient (Wildman–Crippen LogP) is 1.20. The lowest BCUT2D eigenvalue weighted by molar-refractivity contribution is 0.0995. The second kappa shape index (κ2) is 6.71. The number of methoxy groups -OCH3 is 1. The predicted molar refractivity (Wildman–Crippen MR) is 88.4 cm³/mol. The number of sulfonamides is 1. The Balaban J connectivity index is 2.44. The zero-order chi connectivity index (χ0) is 17.9. The van der Waals surface area contributed by atoms with Crippen LogP contribution in [0.4, 0.5) is 5.69 Å². The molecule has 0 spiro atoms. The summed E-state index contributed by atoms with van der Waals surface area (Å²) >= 11 is 0. The summed E-state index contributed by atoms with van der Waals surface area (Å²) in [6, 6.07) is 12.4. The maximum atomic E-state index is 12.6. The van der Waals surface area contributed by atoms with Gasteiger partial charge in [-0.2, -0.15) is 0 Å². The van der Waals surface area contributed by atoms with Gasteiger partial charge in [0.25, 0.3) is 5.91 Å². The summed E-state index contributed by atoms with van der Waals surface area (Å²) in [7, 11) is -2.42. The number of nitrogens with zero attached hydrogens (tertiary/aromatic N) is 1. The minimum Gasteiger partial charge on any atom is -0.497 e. The third-order valence-corrected chi connectivity index (χ3v) is 4.19. The van der Waals surface area contributed by atoms with Crippen molar-refractivity contribution in [3.63, 3.8) is 0 Å². The first kappa shape index (κ1) is 17.5. The number of hydrogen-bond donors (Lipinski definition) is 1. The van der Waals surface area contributed by atoms with Crippen LogP contribution >= 0.6 is 0 Å². The van der Waals surface area contributed by atoms with E-state index < -0.39 is 21.8 Å². The van der Waals surface area contributed by atoms with E-state index in [4.69, 9.17) is 10.5 Å². The highest BCUT2D eigenvalue weighted by Gasteiger charge is 2.26. The van der Waals surface area contributed by atoms with Crippen LogP contribution in [0.15, 0.2) is 42.5 Å². The molecule has 8 heteroatoms. The highest BCUT2D eigenvalue weighted by atomic mass is 32.2. The number of benzene rings is 2. The van der Waals surface area contributed by atoms with Crippen molar-refractivity contribution in [1.29, 1.82) is 0 Å². The van der Waals surface area contributed by atoms with E-state index in [0.29, 0.717) is 10.1 Å². The quantitative estimate of drug-likeness (QED) is 0.874. The van der Waals surface area contributed by atoms with Crippen molar-refractivity contribution in [2.24, 2.45) is 5.73 Å². The molecule has 125 valence electrons. The van der Waals surface area contributed by atoms with Gasteiger partial charge in [-0.3, -0.25) is 9.59 Å². The van der Waals surface area contributed by atoms with Gasteiger partial charge in [0.1, 0.15) is 5.75 Å². The van der Waals surface area contributed by atoms with Gasteiger partial charge in [-0.15, -0.1) is 0 Å². The van der Waals surface area contributed by atoms with E-state index in [2.05, 4.69) is 6.07 Å². The van der Waals surface area contributed by atoms with Gasteiger partial charge in [0, 0.05) is 11.1 Å². The van der Waals surface area contributed by atoms with Crippen molar-refractivity contribution < 1.29 is 22.7 Å². The minimum absolute atomic E-state index is 0.0586. The van der Waals surface area contributed by atoms with Crippen molar-refractivity contribution in [2.75, 3.05) is 17.7 Å². The van der Waals surface area contributed by atoms with E-state index >= 15 is 0 Å². The van der Waals surface area contributed by atoms with Crippen LogP contribution in [0.3, 0.4) is 0 Å². The van der Waals surface area contributed by atoms with Crippen LogP contribution < -0.4 is 14.8 Å². The number of anilines is 1. The molecular formula is C16H15N2O5S. The normalized spacial score (nSPS) is 10.9. The SMILES string of the molecule is COc1ccc(C(=O)N(c2c[c]c(C(N)=O)cc2)S(C)(=O)=O)cc1. The second-order valence-electron chi connectivity index (χ2n) is 4.89. The topological polar surface area (TPSA) is 107 Å². The molecule has 1 radical (unpaired) electrons. The molecule has 0 heterocycles. The molecule has 0 aliphatic heterocycles. The molecule has 0 atom stereocenters. The third-order valence-electron chi connectivity index (χ3n) is 3.15. The maximum absolute atomic E-state index is 12.6. The molecule has 0 aliphatic carbocycles. The zero-order valence-electron chi connectivity index (χ0n) is 13.0. The fourth-order valence-electron chi connectivity index (χ4n) is 2.01. The lowest BCUT2D eigenvalue weighted by Crippen LogP contribution is -2.36. The number of ether oxygens (including phenoxy) is 1. The van der Waals surface area contributed by atoms with E-state index in [9.17, 15) is 18.0 Å². The Morgan fingerprint density at radius 1 is 1.12 bits per heavy atom. The van der Waals surface area contributed by atoms with Crippen molar-refractivity contribution in [1.82, 2.24) is 0 Å². The third kappa shape index (κ3) is 3.72. The van der Waals surface area contributed by atoms with Crippen molar-refractivity contribution in [3.05, 3.63) is 59.7 Å². The van der Waals surface area contributed by atoms with Gasteiger partial charge in [0.2, 0.25) is 15.9 Å². The molecule has 2 rings (SSSR count). The lowest BCUT2D eigenvalue weighted by Gasteiger charge is -2.20. The number of carbonyl (C=O) groups excluding carboxylic acids is 2. The van der Waals surface area contributed by atoms with Gasteiger partial charge in [0.15, 0.2) is 0 Å². The molecule has 2 aromatic rings. The fourth-order valence-corrected chi connectivity index (χ4v) is 2.91. The second-order valence-corrected chi connectivity index (χ2v) is 6.72. The summed E-state index contributed by atoms with van der Waals surface area (Å²) in [5, 5.41) is 0. The first-order valence-electron chi connectivity index (χ1n) is 6.74. The summed E-state index contributed by atoms with van der Waals surface area (Å²) in [6.45, 7) is 0. The van der Waals surface area contributed by atoms with Crippen molar-refractivity contribution >= 4 is 27.5 Å². The Hall–Kier alpha value is -2.87. The van der Waals surface area contributed by atoms with E-state index in [-0.39, 0.29) is 16.8 Å². The van der Waals surface area contributed by atoms with Crippen LogP contribution in [0.5, 0.6) is 5.75 Å². The average molecular weight is 347 g/mol. The summed E-state index contributed by atoms with van der Waals surface area (Å²) in [4.78, 5) is 23.7. The maximum Gasteiger partial charge on any atom is 0.272 e. The zero-order valence-corrected chi connectivity index (χ0v) is 13.8. The fraction of sp³-hybridized carbons (Fsp3) is 0.125. The van der Waals surface area contributed by atoms with Gasteiger partial charge < -0.3 is 10.5 Å². The molecule has 7 nitrogen and oxygen atoms in total. The molecule has 2 aromatic carbocycles. The standard InChI is InChI=1S/C16H15N2O5S/c1-23-14-9-5-12(6-10-14)16(20)18(24(2,21)22)13-7-3-11(4-8-13)15(17)19/h3,5-10H,1-2H3,(H2,17,19). The number of nitrogens with two attached hydrogens (primary N) is 1. The van der Waals surface area contributed by atoms with E-state index in [1.165, 1.54) is 37.4 Å². The molecule has 0 fully saturated rings. The van der Waals surface area contributed by atoms with Crippen LogP contribution in [-0.4, -0.2) is 33.6 Å².